The Morgan fingerprint density at radius 3 is 2.33 bits per heavy atom. The largest absolute Gasteiger partial charge is 0.323 e. The van der Waals surface area contributed by atoms with Gasteiger partial charge in [-0.2, -0.15) is 5.26 Å². The van der Waals surface area contributed by atoms with E-state index in [-0.39, 0.29) is 10.6 Å². The Morgan fingerprint density at radius 1 is 1.00 bits per heavy atom. The number of rotatable bonds is 3. The second-order valence-corrected chi connectivity index (χ2v) is 6.23. The lowest BCUT2D eigenvalue weighted by Crippen LogP contribution is -2.19. The molecule has 0 aliphatic heterocycles. The van der Waals surface area contributed by atoms with Crippen molar-refractivity contribution in [3.8, 4) is 17.3 Å². The molecule has 1 aromatic heterocycles. The van der Waals surface area contributed by atoms with Crippen molar-refractivity contribution in [2.24, 2.45) is 0 Å². The fourth-order valence-electron chi connectivity index (χ4n) is 2.34. The topological polar surface area (TPSA) is 77.8 Å². The second-order valence-electron chi connectivity index (χ2n) is 5.41. The van der Waals surface area contributed by atoms with Crippen LogP contribution in [-0.2, 0) is 0 Å². The predicted octanol–water partition coefficient (Wildman–Crippen LogP) is 5.71. The van der Waals surface area contributed by atoms with Crippen molar-refractivity contribution < 1.29 is 9.18 Å². The SMILES string of the molecule is N#Cc1c(Cl)ccnc1-c1ccc(NC(=O)Nc2ccc(F)c(Cl)c2)cc1. The Bertz CT molecular complexity index is 1050. The number of anilines is 2. The highest BCUT2D eigenvalue weighted by Crippen LogP contribution is 2.27. The van der Waals surface area contributed by atoms with E-state index >= 15 is 0 Å². The molecular formula is C19H11Cl2FN4O. The third-order valence-electron chi connectivity index (χ3n) is 3.61. The molecule has 0 saturated carbocycles. The van der Waals surface area contributed by atoms with E-state index in [0.29, 0.717) is 27.7 Å². The van der Waals surface area contributed by atoms with Gasteiger partial charge in [-0.3, -0.25) is 4.98 Å². The molecule has 0 aliphatic carbocycles. The van der Waals surface area contributed by atoms with Crippen LogP contribution in [0.2, 0.25) is 10.0 Å². The molecule has 8 heteroatoms. The lowest BCUT2D eigenvalue weighted by Gasteiger charge is -2.09. The number of pyridine rings is 1. The molecule has 134 valence electrons. The van der Waals surface area contributed by atoms with E-state index in [1.165, 1.54) is 18.3 Å². The minimum absolute atomic E-state index is 0.0838. The Kier molecular flexibility index (Phi) is 5.55. The average Bonchev–Trinajstić information content (AvgIpc) is 2.65. The summed E-state index contributed by atoms with van der Waals surface area (Å²) in [5.41, 5.74) is 2.31. The van der Waals surface area contributed by atoms with Gasteiger partial charge in [-0.25, -0.2) is 9.18 Å². The zero-order valence-corrected chi connectivity index (χ0v) is 15.1. The molecule has 0 unspecified atom stereocenters. The number of amides is 2. The first-order valence-electron chi connectivity index (χ1n) is 7.66. The van der Waals surface area contributed by atoms with E-state index in [4.69, 9.17) is 23.2 Å². The fourth-order valence-corrected chi connectivity index (χ4v) is 2.71. The van der Waals surface area contributed by atoms with E-state index in [0.717, 1.165) is 6.07 Å². The first kappa shape index (κ1) is 18.6. The molecule has 0 bridgehead atoms. The Balaban J connectivity index is 1.72. The molecule has 1 heterocycles. The van der Waals surface area contributed by atoms with E-state index in [1.54, 1.807) is 30.3 Å². The third-order valence-corrected chi connectivity index (χ3v) is 4.21. The predicted molar refractivity (Wildman–Crippen MR) is 103 cm³/mol. The molecule has 0 atom stereocenters. The van der Waals surface area contributed by atoms with Gasteiger partial charge in [0.05, 0.1) is 21.3 Å². The number of hydrogen-bond acceptors (Lipinski definition) is 3. The summed E-state index contributed by atoms with van der Waals surface area (Å²) in [6.45, 7) is 0. The lowest BCUT2D eigenvalue weighted by molar-refractivity contribution is 0.262. The number of halogens is 3. The molecule has 0 radical (unpaired) electrons. The molecule has 0 fully saturated rings. The normalized spacial score (nSPS) is 10.1. The van der Waals surface area contributed by atoms with Crippen LogP contribution in [0, 0.1) is 17.1 Å². The van der Waals surface area contributed by atoms with Gasteiger partial charge in [0.2, 0.25) is 0 Å². The van der Waals surface area contributed by atoms with Gasteiger partial charge in [-0.05, 0) is 36.4 Å². The van der Waals surface area contributed by atoms with E-state index in [1.807, 2.05) is 6.07 Å². The van der Waals surface area contributed by atoms with Gasteiger partial charge in [0.15, 0.2) is 0 Å². The molecule has 3 aromatic rings. The zero-order valence-electron chi connectivity index (χ0n) is 13.6. The van der Waals surface area contributed by atoms with Crippen molar-refractivity contribution in [2.75, 3.05) is 10.6 Å². The number of benzene rings is 2. The number of urea groups is 1. The van der Waals surface area contributed by atoms with Crippen molar-refractivity contribution in [1.29, 1.82) is 5.26 Å². The molecule has 2 N–H and O–H groups in total. The number of nitrogens with zero attached hydrogens (tertiary/aromatic N) is 2. The molecule has 3 rings (SSSR count). The van der Waals surface area contributed by atoms with Gasteiger partial charge in [0.1, 0.15) is 11.9 Å². The number of carbonyl (C=O) groups is 1. The van der Waals surface area contributed by atoms with Gasteiger partial charge < -0.3 is 10.6 Å². The van der Waals surface area contributed by atoms with Crippen molar-refractivity contribution in [3.63, 3.8) is 0 Å². The smallest absolute Gasteiger partial charge is 0.308 e. The Morgan fingerprint density at radius 2 is 1.67 bits per heavy atom. The Labute approximate surface area is 164 Å². The molecule has 27 heavy (non-hydrogen) atoms. The van der Waals surface area contributed by atoms with Crippen molar-refractivity contribution in [2.45, 2.75) is 0 Å². The van der Waals surface area contributed by atoms with Gasteiger partial charge in [-0.15, -0.1) is 0 Å². The molecule has 0 spiro atoms. The van der Waals surface area contributed by atoms with Gasteiger partial charge in [0.25, 0.3) is 0 Å². The summed E-state index contributed by atoms with van der Waals surface area (Å²) in [6.07, 6.45) is 1.52. The zero-order chi connectivity index (χ0) is 19.4. The van der Waals surface area contributed by atoms with E-state index in [2.05, 4.69) is 15.6 Å². The van der Waals surface area contributed by atoms with Crippen LogP contribution in [0.1, 0.15) is 5.56 Å². The summed E-state index contributed by atoms with van der Waals surface area (Å²) in [5, 5.41) is 14.7. The van der Waals surface area contributed by atoms with Crippen LogP contribution < -0.4 is 10.6 Å². The van der Waals surface area contributed by atoms with Gasteiger partial charge in [0, 0.05) is 23.1 Å². The number of carbonyl (C=O) groups excluding carboxylic acids is 1. The van der Waals surface area contributed by atoms with Crippen LogP contribution in [0.25, 0.3) is 11.3 Å². The minimum atomic E-state index is -0.565. The monoisotopic (exact) mass is 400 g/mol. The van der Waals surface area contributed by atoms with Crippen LogP contribution in [0.3, 0.4) is 0 Å². The molecule has 5 nitrogen and oxygen atoms in total. The van der Waals surface area contributed by atoms with E-state index in [9.17, 15) is 14.4 Å². The number of hydrogen-bond donors (Lipinski definition) is 2. The summed E-state index contributed by atoms with van der Waals surface area (Å²) in [5.74, 6) is -0.565. The van der Waals surface area contributed by atoms with Crippen molar-refractivity contribution in [1.82, 2.24) is 4.98 Å². The summed E-state index contributed by atoms with van der Waals surface area (Å²) < 4.78 is 13.1. The maximum absolute atomic E-state index is 13.1. The van der Waals surface area contributed by atoms with Crippen LogP contribution in [0.5, 0.6) is 0 Å². The summed E-state index contributed by atoms with van der Waals surface area (Å²) in [4.78, 5) is 16.2. The first-order chi connectivity index (χ1) is 13.0. The number of aromatic nitrogens is 1. The van der Waals surface area contributed by atoms with Crippen molar-refractivity contribution >= 4 is 40.6 Å². The number of nitriles is 1. The maximum atomic E-state index is 13.1. The van der Waals surface area contributed by atoms with Gasteiger partial charge in [-0.1, -0.05) is 35.3 Å². The average molecular weight is 401 g/mol. The minimum Gasteiger partial charge on any atom is -0.308 e. The van der Waals surface area contributed by atoms with Crippen LogP contribution in [0.4, 0.5) is 20.6 Å². The van der Waals surface area contributed by atoms with Gasteiger partial charge >= 0.3 is 6.03 Å². The molecule has 2 amide bonds. The molecule has 0 aliphatic rings. The van der Waals surface area contributed by atoms with Crippen LogP contribution in [0.15, 0.2) is 54.7 Å². The third kappa shape index (κ3) is 4.34. The first-order valence-corrected chi connectivity index (χ1v) is 8.41. The standard InChI is InChI=1S/C19H11Cl2FN4O/c20-15-7-8-24-18(14(15)10-23)11-1-3-12(4-2-11)25-19(27)26-13-5-6-17(22)16(21)9-13/h1-9H,(H2,25,26,27). The molecule has 0 saturated heterocycles. The second kappa shape index (κ2) is 8.04. The van der Waals surface area contributed by atoms with Crippen molar-refractivity contribution in [3.05, 3.63) is 76.2 Å². The molecular weight excluding hydrogens is 390 g/mol. The summed E-state index contributed by atoms with van der Waals surface area (Å²) >= 11 is 11.7. The van der Waals surface area contributed by atoms with Crippen LogP contribution >= 0.6 is 23.2 Å². The highest BCUT2D eigenvalue weighted by molar-refractivity contribution is 6.32. The summed E-state index contributed by atoms with van der Waals surface area (Å²) in [6, 6.07) is 13.7. The fraction of sp³-hybridized carbons (Fsp3) is 0. The Hall–Kier alpha value is -3.14. The van der Waals surface area contributed by atoms with E-state index < -0.39 is 11.8 Å². The maximum Gasteiger partial charge on any atom is 0.323 e. The van der Waals surface area contributed by atoms with Crippen LogP contribution in [-0.4, -0.2) is 11.0 Å². The number of nitrogens with one attached hydrogen (secondary N) is 2. The summed E-state index contributed by atoms with van der Waals surface area (Å²) in [7, 11) is 0. The quantitative estimate of drug-likeness (QED) is 0.590. The highest BCUT2D eigenvalue weighted by Gasteiger charge is 2.11. The highest BCUT2D eigenvalue weighted by atomic mass is 35.5. The lowest BCUT2D eigenvalue weighted by atomic mass is 10.1. The molecule has 2 aromatic carbocycles.